The van der Waals surface area contributed by atoms with E-state index < -0.39 is 0 Å². The molecule has 2 heteroatoms. The summed E-state index contributed by atoms with van der Waals surface area (Å²) in [5.41, 5.74) is 0. The summed E-state index contributed by atoms with van der Waals surface area (Å²) < 4.78 is 0. The zero-order valence-corrected chi connectivity index (χ0v) is 11.8. The maximum atomic E-state index is 3.74. The van der Waals surface area contributed by atoms with Gasteiger partial charge in [0, 0.05) is 18.6 Å². The van der Waals surface area contributed by atoms with E-state index in [-0.39, 0.29) is 0 Å². The first kappa shape index (κ1) is 13.4. The highest BCUT2D eigenvalue weighted by atomic mass is 15.2. The Kier molecular flexibility index (Phi) is 5.30. The molecule has 2 aliphatic rings. The van der Waals surface area contributed by atoms with E-state index in [9.17, 15) is 0 Å². The Labute approximate surface area is 107 Å². The normalized spacial score (nSPS) is 32.1. The van der Waals surface area contributed by atoms with Crippen molar-refractivity contribution in [3.63, 3.8) is 0 Å². The van der Waals surface area contributed by atoms with Crippen molar-refractivity contribution in [2.75, 3.05) is 19.6 Å². The standard InChI is InChI=1S/C15H30N2/c1-13-11-14(2)17(12-13)10-6-9-16-15-7-4-3-5-8-15/h13-16H,3-12H2,1-2H3. The van der Waals surface area contributed by atoms with Crippen LogP contribution in [0.1, 0.15) is 58.8 Å². The molecule has 100 valence electrons. The monoisotopic (exact) mass is 238 g/mol. The summed E-state index contributed by atoms with van der Waals surface area (Å²) in [5.74, 6) is 0.913. The van der Waals surface area contributed by atoms with Crippen LogP contribution in [0.3, 0.4) is 0 Å². The van der Waals surface area contributed by atoms with E-state index in [0.29, 0.717) is 0 Å². The van der Waals surface area contributed by atoms with Crippen molar-refractivity contribution in [2.24, 2.45) is 5.92 Å². The van der Waals surface area contributed by atoms with Crippen molar-refractivity contribution in [1.29, 1.82) is 0 Å². The minimum atomic E-state index is 0.819. The minimum Gasteiger partial charge on any atom is -0.314 e. The number of hydrogen-bond acceptors (Lipinski definition) is 2. The van der Waals surface area contributed by atoms with Crippen molar-refractivity contribution >= 4 is 0 Å². The molecule has 0 amide bonds. The fourth-order valence-corrected chi connectivity index (χ4v) is 3.59. The van der Waals surface area contributed by atoms with Crippen LogP contribution >= 0.6 is 0 Å². The van der Waals surface area contributed by atoms with Crippen LogP contribution in [0.15, 0.2) is 0 Å². The molecule has 1 heterocycles. The first-order chi connectivity index (χ1) is 8.25. The summed E-state index contributed by atoms with van der Waals surface area (Å²) in [4.78, 5) is 2.67. The highest BCUT2D eigenvalue weighted by Gasteiger charge is 2.25. The van der Waals surface area contributed by atoms with Gasteiger partial charge >= 0.3 is 0 Å². The SMILES string of the molecule is CC1CC(C)N(CCCNC2CCCCC2)C1. The van der Waals surface area contributed by atoms with Crippen LogP contribution in [0.25, 0.3) is 0 Å². The fourth-order valence-electron chi connectivity index (χ4n) is 3.59. The van der Waals surface area contributed by atoms with Gasteiger partial charge in [0.25, 0.3) is 0 Å². The Balaban J connectivity index is 1.53. The van der Waals surface area contributed by atoms with Crippen molar-refractivity contribution in [1.82, 2.24) is 10.2 Å². The van der Waals surface area contributed by atoms with Gasteiger partial charge < -0.3 is 10.2 Å². The smallest absolute Gasteiger partial charge is 0.00700 e. The summed E-state index contributed by atoms with van der Waals surface area (Å²) in [6, 6.07) is 1.65. The Morgan fingerprint density at radius 2 is 1.88 bits per heavy atom. The van der Waals surface area contributed by atoms with E-state index >= 15 is 0 Å². The molecular weight excluding hydrogens is 208 g/mol. The Morgan fingerprint density at radius 3 is 2.53 bits per heavy atom. The van der Waals surface area contributed by atoms with Gasteiger partial charge in [0.15, 0.2) is 0 Å². The predicted octanol–water partition coefficient (Wildman–Crippen LogP) is 3.03. The number of likely N-dealkylation sites (tertiary alicyclic amines) is 1. The molecule has 2 atom stereocenters. The molecule has 0 radical (unpaired) electrons. The predicted molar refractivity (Wildman–Crippen MR) is 74.3 cm³/mol. The van der Waals surface area contributed by atoms with Gasteiger partial charge in [-0.1, -0.05) is 26.2 Å². The van der Waals surface area contributed by atoms with E-state index in [1.54, 1.807) is 0 Å². The van der Waals surface area contributed by atoms with E-state index in [1.165, 1.54) is 64.6 Å². The van der Waals surface area contributed by atoms with Crippen LogP contribution < -0.4 is 5.32 Å². The second-order valence-corrected chi connectivity index (χ2v) is 6.33. The molecule has 2 rings (SSSR count). The topological polar surface area (TPSA) is 15.3 Å². The van der Waals surface area contributed by atoms with Crippen LogP contribution in [-0.2, 0) is 0 Å². The number of hydrogen-bond donors (Lipinski definition) is 1. The molecular formula is C15H30N2. The summed E-state index contributed by atoms with van der Waals surface area (Å²) in [7, 11) is 0. The third-order valence-corrected chi connectivity index (χ3v) is 4.57. The van der Waals surface area contributed by atoms with Crippen LogP contribution in [0.2, 0.25) is 0 Å². The number of rotatable bonds is 5. The molecule has 1 N–H and O–H groups in total. The van der Waals surface area contributed by atoms with Gasteiger partial charge in [0.05, 0.1) is 0 Å². The minimum absolute atomic E-state index is 0.819. The van der Waals surface area contributed by atoms with E-state index in [2.05, 4.69) is 24.1 Å². The lowest BCUT2D eigenvalue weighted by molar-refractivity contribution is 0.256. The molecule has 2 unspecified atom stereocenters. The molecule has 2 fully saturated rings. The van der Waals surface area contributed by atoms with Crippen LogP contribution in [0.5, 0.6) is 0 Å². The summed E-state index contributed by atoms with van der Waals surface area (Å²) in [6.45, 7) is 8.62. The molecule has 0 aromatic carbocycles. The molecule has 0 bridgehead atoms. The lowest BCUT2D eigenvalue weighted by Gasteiger charge is -2.24. The number of nitrogens with one attached hydrogen (secondary N) is 1. The average molecular weight is 238 g/mol. The summed E-state index contributed by atoms with van der Waals surface area (Å²) in [5, 5.41) is 3.74. The first-order valence-corrected chi connectivity index (χ1v) is 7.73. The quantitative estimate of drug-likeness (QED) is 0.741. The van der Waals surface area contributed by atoms with Gasteiger partial charge in [-0.15, -0.1) is 0 Å². The number of nitrogens with zero attached hydrogens (tertiary/aromatic N) is 1. The maximum absolute atomic E-state index is 3.74. The first-order valence-electron chi connectivity index (χ1n) is 7.73. The third kappa shape index (κ3) is 4.26. The van der Waals surface area contributed by atoms with Crippen molar-refractivity contribution in [3.05, 3.63) is 0 Å². The van der Waals surface area contributed by atoms with E-state index in [1.807, 2.05) is 0 Å². The molecule has 0 aromatic rings. The largest absolute Gasteiger partial charge is 0.314 e. The Hall–Kier alpha value is -0.0800. The summed E-state index contributed by atoms with van der Waals surface area (Å²) in [6.07, 6.45) is 9.90. The van der Waals surface area contributed by atoms with Gasteiger partial charge in [0.2, 0.25) is 0 Å². The Bertz CT molecular complexity index is 211. The van der Waals surface area contributed by atoms with Gasteiger partial charge in [0.1, 0.15) is 0 Å². The van der Waals surface area contributed by atoms with Gasteiger partial charge in [-0.25, -0.2) is 0 Å². The average Bonchev–Trinajstić information content (AvgIpc) is 2.65. The molecule has 17 heavy (non-hydrogen) atoms. The van der Waals surface area contributed by atoms with Crippen molar-refractivity contribution < 1.29 is 0 Å². The molecule has 1 saturated carbocycles. The van der Waals surface area contributed by atoms with Crippen LogP contribution in [0.4, 0.5) is 0 Å². The van der Waals surface area contributed by atoms with E-state index in [0.717, 1.165) is 18.0 Å². The maximum Gasteiger partial charge on any atom is 0.00700 e. The summed E-state index contributed by atoms with van der Waals surface area (Å²) >= 11 is 0. The van der Waals surface area contributed by atoms with E-state index in [4.69, 9.17) is 0 Å². The Morgan fingerprint density at radius 1 is 1.12 bits per heavy atom. The third-order valence-electron chi connectivity index (χ3n) is 4.57. The second kappa shape index (κ2) is 6.75. The molecule has 1 aliphatic heterocycles. The second-order valence-electron chi connectivity index (χ2n) is 6.33. The highest BCUT2D eigenvalue weighted by Crippen LogP contribution is 2.22. The van der Waals surface area contributed by atoms with Gasteiger partial charge in [-0.3, -0.25) is 0 Å². The highest BCUT2D eigenvalue weighted by molar-refractivity contribution is 4.80. The van der Waals surface area contributed by atoms with Crippen LogP contribution in [0, 0.1) is 5.92 Å². The fraction of sp³-hybridized carbons (Fsp3) is 1.00. The molecule has 1 aliphatic carbocycles. The zero-order chi connectivity index (χ0) is 12.1. The van der Waals surface area contributed by atoms with Crippen molar-refractivity contribution in [3.8, 4) is 0 Å². The van der Waals surface area contributed by atoms with Gasteiger partial charge in [-0.2, -0.15) is 0 Å². The molecule has 0 aromatic heterocycles. The molecule has 2 nitrogen and oxygen atoms in total. The lowest BCUT2D eigenvalue weighted by atomic mass is 9.95. The molecule has 1 saturated heterocycles. The van der Waals surface area contributed by atoms with Crippen LogP contribution in [-0.4, -0.2) is 36.6 Å². The van der Waals surface area contributed by atoms with Crippen molar-refractivity contribution in [2.45, 2.75) is 70.9 Å². The lowest BCUT2D eigenvalue weighted by Crippen LogP contribution is -2.35. The van der Waals surface area contributed by atoms with Gasteiger partial charge in [-0.05, 0) is 51.6 Å². The zero-order valence-electron chi connectivity index (χ0n) is 11.8. The molecule has 0 spiro atoms.